The Morgan fingerprint density at radius 3 is 2.03 bits per heavy atom. The van der Waals surface area contributed by atoms with E-state index in [0.29, 0.717) is 25.4 Å². The molecular weight excluding hydrogens is 434 g/mol. The Morgan fingerprint density at radius 1 is 0.818 bits per heavy atom. The average molecular weight is 459 g/mol. The molecule has 0 radical (unpaired) electrons. The van der Waals surface area contributed by atoms with Gasteiger partial charge in [0.25, 0.3) is 0 Å². The number of benzene rings is 2. The van der Waals surface area contributed by atoms with Crippen LogP contribution in [0.1, 0.15) is 28.3 Å². The average Bonchev–Trinajstić information content (AvgIpc) is 3.55. The number of hydrogen-bond acceptors (Lipinski definition) is 6. The molecule has 0 aliphatic rings. The van der Waals surface area contributed by atoms with E-state index in [1.165, 1.54) is 11.1 Å². The van der Waals surface area contributed by atoms with E-state index in [1.807, 2.05) is 69.8 Å². The van der Waals surface area contributed by atoms with Crippen molar-refractivity contribution < 1.29 is 4.68 Å². The summed E-state index contributed by atoms with van der Waals surface area (Å²) in [7, 11) is 0. The van der Waals surface area contributed by atoms with Gasteiger partial charge in [0.1, 0.15) is 5.69 Å². The fourth-order valence-electron chi connectivity index (χ4n) is 3.46. The van der Waals surface area contributed by atoms with Gasteiger partial charge < -0.3 is 0 Å². The summed E-state index contributed by atoms with van der Waals surface area (Å²) in [5.74, 6) is 1.58. The Morgan fingerprint density at radius 2 is 1.39 bits per heavy atom. The second-order valence-corrected chi connectivity index (χ2v) is 8.70. The lowest BCUT2D eigenvalue weighted by atomic mass is 10.2. The molecule has 0 saturated heterocycles. The highest BCUT2D eigenvalue weighted by atomic mass is 32.2. The van der Waals surface area contributed by atoms with Crippen LogP contribution in [0.25, 0.3) is 0 Å². The van der Waals surface area contributed by atoms with Crippen LogP contribution in [0, 0.1) is 6.92 Å². The highest BCUT2D eigenvalue weighted by molar-refractivity contribution is 7.98. The molecule has 0 bridgehead atoms. The highest BCUT2D eigenvalue weighted by Gasteiger charge is 2.18. The Bertz CT molecular complexity index is 1310. The number of aromatic nitrogens is 9. The molecule has 3 aromatic heterocycles. The standard InChI is InChI=1S/C23H23N9S/c1-18-24-23(33-17-22-15-31(29-26-22)13-20-10-6-3-7-11-20)27-32(18)16-21-14-30(28-25-21)12-19-8-4-2-5-9-19/h2-11,14-15H,12-13,16-17H2,1H3/p+1. The van der Waals surface area contributed by atoms with Crippen LogP contribution in [0.4, 0.5) is 0 Å². The molecule has 0 saturated carbocycles. The summed E-state index contributed by atoms with van der Waals surface area (Å²) in [4.78, 5) is 4.63. The lowest BCUT2D eigenvalue weighted by molar-refractivity contribution is -0.751. The molecular formula is C23H24N9S+. The van der Waals surface area contributed by atoms with Crippen LogP contribution < -0.4 is 4.68 Å². The minimum Gasteiger partial charge on any atom is -0.248 e. The summed E-state index contributed by atoms with van der Waals surface area (Å²) >= 11 is 1.60. The van der Waals surface area contributed by atoms with Crippen molar-refractivity contribution >= 4 is 11.8 Å². The van der Waals surface area contributed by atoms with Crippen molar-refractivity contribution in [1.29, 1.82) is 0 Å². The molecule has 0 aliphatic carbocycles. The summed E-state index contributed by atoms with van der Waals surface area (Å²) < 4.78 is 5.69. The molecule has 0 amide bonds. The normalized spacial score (nSPS) is 11.2. The van der Waals surface area contributed by atoms with Crippen molar-refractivity contribution in [1.82, 2.24) is 40.1 Å². The molecule has 0 spiro atoms. The van der Waals surface area contributed by atoms with E-state index in [4.69, 9.17) is 0 Å². The first-order chi connectivity index (χ1) is 16.2. The molecule has 5 aromatic rings. The maximum absolute atomic E-state index is 4.63. The van der Waals surface area contributed by atoms with Crippen LogP contribution in [0.15, 0.2) is 78.2 Å². The number of nitrogens with one attached hydrogen (secondary N) is 1. The summed E-state index contributed by atoms with van der Waals surface area (Å²) in [6.45, 7) is 3.97. The predicted octanol–water partition coefficient (Wildman–Crippen LogP) is 2.63. The van der Waals surface area contributed by atoms with Gasteiger partial charge in [0.2, 0.25) is 0 Å². The van der Waals surface area contributed by atoms with E-state index in [9.17, 15) is 0 Å². The minimum absolute atomic E-state index is 0.585. The monoisotopic (exact) mass is 458 g/mol. The molecule has 1 N–H and O–H groups in total. The Kier molecular flexibility index (Phi) is 6.25. The number of nitrogens with zero attached hydrogens (tertiary/aromatic N) is 8. The van der Waals surface area contributed by atoms with Crippen molar-refractivity contribution in [2.24, 2.45) is 0 Å². The Labute approximate surface area is 195 Å². The van der Waals surface area contributed by atoms with Gasteiger partial charge in [-0.05, 0) is 16.1 Å². The van der Waals surface area contributed by atoms with Gasteiger partial charge in [0, 0.05) is 18.9 Å². The number of H-pyrrole nitrogens is 1. The zero-order valence-electron chi connectivity index (χ0n) is 18.2. The van der Waals surface area contributed by atoms with Crippen LogP contribution in [0.5, 0.6) is 0 Å². The maximum Gasteiger partial charge on any atom is 0.317 e. The molecule has 0 fully saturated rings. The van der Waals surface area contributed by atoms with Crippen LogP contribution in [0.2, 0.25) is 0 Å². The van der Waals surface area contributed by atoms with Crippen LogP contribution >= 0.6 is 11.8 Å². The SMILES string of the molecule is Cc1nc(SCc2cn(Cc3ccccc3)nn2)[nH][n+]1Cc1cn(Cc2ccccc2)nn1. The molecule has 9 nitrogen and oxygen atoms in total. The topological polar surface area (TPSA) is 94.0 Å². The van der Waals surface area contributed by atoms with Gasteiger partial charge in [-0.2, -0.15) is 5.10 Å². The Hall–Kier alpha value is -3.79. The first kappa shape index (κ1) is 21.1. The quantitative estimate of drug-likeness (QED) is 0.270. The van der Waals surface area contributed by atoms with Gasteiger partial charge >= 0.3 is 11.0 Å². The first-order valence-electron chi connectivity index (χ1n) is 10.7. The zero-order chi connectivity index (χ0) is 22.5. The van der Waals surface area contributed by atoms with Gasteiger partial charge in [0.05, 0.1) is 25.0 Å². The summed E-state index contributed by atoms with van der Waals surface area (Å²) in [5.41, 5.74) is 4.19. The molecule has 33 heavy (non-hydrogen) atoms. The molecule has 0 atom stereocenters. The number of aromatic amines is 1. The van der Waals surface area contributed by atoms with Gasteiger partial charge in [-0.1, -0.05) is 82.9 Å². The third-order valence-corrected chi connectivity index (χ3v) is 6.00. The second-order valence-electron chi connectivity index (χ2n) is 7.74. The van der Waals surface area contributed by atoms with Crippen molar-refractivity contribution in [3.8, 4) is 0 Å². The predicted molar refractivity (Wildman–Crippen MR) is 123 cm³/mol. The fourth-order valence-corrected chi connectivity index (χ4v) is 4.25. The largest absolute Gasteiger partial charge is 0.317 e. The molecule has 166 valence electrons. The summed E-state index contributed by atoms with van der Waals surface area (Å²) in [5, 5.41) is 21.2. The molecule has 3 heterocycles. The van der Waals surface area contributed by atoms with Crippen LogP contribution in [-0.4, -0.2) is 40.1 Å². The smallest absolute Gasteiger partial charge is 0.248 e. The van der Waals surface area contributed by atoms with E-state index in [2.05, 4.69) is 55.0 Å². The number of aryl methyl sites for hydroxylation is 1. The van der Waals surface area contributed by atoms with Crippen molar-refractivity contribution in [3.63, 3.8) is 0 Å². The first-order valence-corrected chi connectivity index (χ1v) is 11.6. The summed E-state index contributed by atoms with van der Waals surface area (Å²) in [6.07, 6.45) is 3.95. The third-order valence-electron chi connectivity index (χ3n) is 5.11. The van der Waals surface area contributed by atoms with Gasteiger partial charge in [0.15, 0.2) is 6.54 Å². The van der Waals surface area contributed by atoms with Crippen molar-refractivity contribution in [3.05, 3.63) is 101 Å². The maximum atomic E-state index is 4.63. The van der Waals surface area contributed by atoms with E-state index >= 15 is 0 Å². The van der Waals surface area contributed by atoms with E-state index < -0.39 is 0 Å². The molecule has 5 rings (SSSR count). The molecule has 2 aromatic carbocycles. The van der Waals surface area contributed by atoms with Gasteiger partial charge in [-0.3, -0.25) is 0 Å². The molecule has 0 aliphatic heterocycles. The van der Waals surface area contributed by atoms with Crippen molar-refractivity contribution in [2.75, 3.05) is 0 Å². The Balaban J connectivity index is 1.17. The minimum atomic E-state index is 0.585. The number of rotatable bonds is 9. The van der Waals surface area contributed by atoms with E-state index in [0.717, 1.165) is 22.4 Å². The summed E-state index contributed by atoms with van der Waals surface area (Å²) in [6, 6.07) is 20.5. The number of hydrogen-bond donors (Lipinski definition) is 1. The fraction of sp³-hybridized carbons (Fsp3) is 0.217. The van der Waals surface area contributed by atoms with E-state index in [1.54, 1.807) is 11.8 Å². The lowest BCUT2D eigenvalue weighted by Crippen LogP contribution is -2.39. The van der Waals surface area contributed by atoms with Crippen LogP contribution in [0.3, 0.4) is 0 Å². The lowest BCUT2D eigenvalue weighted by Gasteiger charge is -1.99. The third kappa shape index (κ3) is 5.53. The molecule has 10 heteroatoms. The van der Waals surface area contributed by atoms with E-state index in [-0.39, 0.29) is 0 Å². The van der Waals surface area contributed by atoms with Gasteiger partial charge in [-0.15, -0.1) is 14.9 Å². The number of thioether (sulfide) groups is 1. The highest BCUT2D eigenvalue weighted by Crippen LogP contribution is 2.17. The van der Waals surface area contributed by atoms with Crippen molar-refractivity contribution in [2.45, 2.75) is 37.5 Å². The van der Waals surface area contributed by atoms with Crippen LogP contribution in [-0.2, 0) is 25.4 Å². The van der Waals surface area contributed by atoms with Gasteiger partial charge in [-0.25, -0.2) is 9.36 Å². The zero-order valence-corrected chi connectivity index (χ0v) is 19.1. The molecule has 0 unspecified atom stereocenters. The second kappa shape index (κ2) is 9.78.